The molecule has 3 aromatic rings. The van der Waals surface area contributed by atoms with Crippen molar-refractivity contribution in [2.24, 2.45) is 4.99 Å². The highest BCUT2D eigenvalue weighted by Crippen LogP contribution is 2.32. The van der Waals surface area contributed by atoms with Crippen molar-refractivity contribution < 1.29 is 10.0 Å². The highest BCUT2D eigenvalue weighted by atomic mass is 35.5. The molecule has 0 saturated heterocycles. The maximum atomic E-state index is 11.1. The molecule has 0 bridgehead atoms. The van der Waals surface area contributed by atoms with E-state index >= 15 is 0 Å². The Labute approximate surface area is 159 Å². The van der Waals surface area contributed by atoms with Crippen LogP contribution in [0.3, 0.4) is 0 Å². The molecule has 0 amide bonds. The van der Waals surface area contributed by atoms with E-state index in [1.807, 2.05) is 12.1 Å². The lowest BCUT2D eigenvalue weighted by Gasteiger charge is -2.06. The second-order valence-electron chi connectivity index (χ2n) is 5.31. The molecule has 5 nitrogen and oxygen atoms in total. The van der Waals surface area contributed by atoms with Gasteiger partial charge < -0.3 is 5.11 Å². The summed E-state index contributed by atoms with van der Waals surface area (Å²) < 4.78 is 0. The van der Waals surface area contributed by atoms with Crippen LogP contribution in [0.25, 0.3) is 0 Å². The van der Waals surface area contributed by atoms with Crippen LogP contribution in [0.1, 0.15) is 5.56 Å². The molecule has 0 spiro atoms. The number of hydrogen-bond donors (Lipinski definition) is 1. The van der Waals surface area contributed by atoms with E-state index in [0.29, 0.717) is 16.3 Å². The topological polar surface area (TPSA) is 75.7 Å². The number of benzene rings is 3. The van der Waals surface area contributed by atoms with Crippen LogP contribution >= 0.6 is 23.4 Å². The summed E-state index contributed by atoms with van der Waals surface area (Å²) in [7, 11) is 0. The van der Waals surface area contributed by atoms with Crippen LogP contribution in [0.5, 0.6) is 5.75 Å². The van der Waals surface area contributed by atoms with E-state index in [2.05, 4.69) is 4.99 Å². The van der Waals surface area contributed by atoms with Crippen LogP contribution in [-0.2, 0) is 0 Å². The Balaban J connectivity index is 1.94. The standard InChI is InChI=1S/C19H13ClN2O3S/c20-14-1-8-18(9-2-14)26-19-10-5-16(22(24)25)11-13(19)12-21-15-3-6-17(23)7-4-15/h1-12,23H. The first-order valence-corrected chi connectivity index (χ1v) is 8.76. The Hall–Kier alpha value is -2.83. The van der Waals surface area contributed by atoms with Gasteiger partial charge in [0.1, 0.15) is 5.75 Å². The fourth-order valence-electron chi connectivity index (χ4n) is 2.16. The molecule has 3 aromatic carbocycles. The van der Waals surface area contributed by atoms with Crippen molar-refractivity contribution >= 4 is 41.0 Å². The first-order chi connectivity index (χ1) is 12.5. The molecule has 1 N–H and O–H groups in total. The van der Waals surface area contributed by atoms with E-state index in [1.165, 1.54) is 36.0 Å². The normalized spacial score (nSPS) is 11.0. The van der Waals surface area contributed by atoms with Gasteiger partial charge in [-0.3, -0.25) is 15.1 Å². The minimum absolute atomic E-state index is 0.00221. The van der Waals surface area contributed by atoms with Gasteiger partial charge in [0, 0.05) is 38.7 Å². The molecule has 26 heavy (non-hydrogen) atoms. The zero-order valence-electron chi connectivity index (χ0n) is 13.4. The van der Waals surface area contributed by atoms with Gasteiger partial charge in [0.25, 0.3) is 5.69 Å². The summed E-state index contributed by atoms with van der Waals surface area (Å²) in [6.07, 6.45) is 1.58. The molecule has 3 rings (SSSR count). The SMILES string of the molecule is O=[N+]([O-])c1ccc(Sc2ccc(Cl)cc2)c(C=Nc2ccc(O)cc2)c1. The number of rotatable bonds is 5. The Morgan fingerprint density at radius 1 is 1.04 bits per heavy atom. The third-order valence-corrected chi connectivity index (χ3v) is 4.80. The van der Waals surface area contributed by atoms with Crippen molar-refractivity contribution in [1.29, 1.82) is 0 Å². The number of aliphatic imine (C=N–C) groups is 1. The number of aromatic hydroxyl groups is 1. The number of phenolic OH excluding ortho intramolecular Hbond substituents is 1. The van der Waals surface area contributed by atoms with Crippen LogP contribution in [-0.4, -0.2) is 16.2 Å². The first kappa shape index (κ1) is 18.0. The smallest absolute Gasteiger partial charge is 0.270 e. The van der Waals surface area contributed by atoms with Crippen molar-refractivity contribution in [3.05, 3.63) is 87.4 Å². The maximum absolute atomic E-state index is 11.1. The molecular formula is C19H13ClN2O3S. The molecule has 0 aliphatic heterocycles. The average Bonchev–Trinajstić information content (AvgIpc) is 2.64. The number of hydrogen-bond acceptors (Lipinski definition) is 5. The lowest BCUT2D eigenvalue weighted by atomic mass is 10.2. The summed E-state index contributed by atoms with van der Waals surface area (Å²) in [5.74, 6) is 0.151. The molecule has 0 aliphatic carbocycles. The molecule has 0 unspecified atom stereocenters. The highest BCUT2D eigenvalue weighted by Gasteiger charge is 2.11. The predicted octanol–water partition coefficient (Wildman–Crippen LogP) is 5.86. The average molecular weight is 385 g/mol. The number of phenols is 1. The summed E-state index contributed by atoms with van der Waals surface area (Å²) in [5, 5.41) is 21.1. The van der Waals surface area contributed by atoms with Crippen molar-refractivity contribution in [3.8, 4) is 5.75 Å². The fraction of sp³-hybridized carbons (Fsp3) is 0. The number of non-ortho nitro benzene ring substituents is 1. The van der Waals surface area contributed by atoms with E-state index in [0.717, 1.165) is 9.79 Å². The van der Waals surface area contributed by atoms with Crippen LogP contribution in [0.2, 0.25) is 5.02 Å². The number of halogens is 1. The van der Waals surface area contributed by atoms with Crippen LogP contribution in [0, 0.1) is 10.1 Å². The lowest BCUT2D eigenvalue weighted by molar-refractivity contribution is -0.384. The molecule has 0 fully saturated rings. The molecule has 0 radical (unpaired) electrons. The Bertz CT molecular complexity index is 958. The third-order valence-electron chi connectivity index (χ3n) is 3.45. The van der Waals surface area contributed by atoms with Crippen molar-refractivity contribution in [1.82, 2.24) is 0 Å². The first-order valence-electron chi connectivity index (χ1n) is 7.56. The number of nitro groups is 1. The molecule has 0 aromatic heterocycles. The minimum Gasteiger partial charge on any atom is -0.508 e. The summed E-state index contributed by atoms with van der Waals surface area (Å²) in [4.78, 5) is 16.8. The van der Waals surface area contributed by atoms with Gasteiger partial charge in [0.05, 0.1) is 10.6 Å². The summed E-state index contributed by atoms with van der Waals surface area (Å²) in [5.41, 5.74) is 1.27. The summed E-state index contributed by atoms with van der Waals surface area (Å²) in [6.45, 7) is 0. The van der Waals surface area contributed by atoms with Gasteiger partial charge in [-0.05, 0) is 54.6 Å². The summed E-state index contributed by atoms with van der Waals surface area (Å²) >= 11 is 7.38. The largest absolute Gasteiger partial charge is 0.508 e. The van der Waals surface area contributed by atoms with Gasteiger partial charge >= 0.3 is 0 Å². The van der Waals surface area contributed by atoms with Gasteiger partial charge in [-0.1, -0.05) is 23.4 Å². The second kappa shape index (κ2) is 8.03. The van der Waals surface area contributed by atoms with Crippen molar-refractivity contribution in [2.75, 3.05) is 0 Å². The maximum Gasteiger partial charge on any atom is 0.270 e. The molecule has 0 aliphatic rings. The van der Waals surface area contributed by atoms with Gasteiger partial charge in [-0.25, -0.2) is 0 Å². The molecule has 130 valence electrons. The van der Waals surface area contributed by atoms with Gasteiger partial charge in [-0.2, -0.15) is 0 Å². The van der Waals surface area contributed by atoms with Gasteiger partial charge in [-0.15, -0.1) is 0 Å². The van der Waals surface area contributed by atoms with Gasteiger partial charge in [0.2, 0.25) is 0 Å². The predicted molar refractivity (Wildman–Crippen MR) is 104 cm³/mol. The van der Waals surface area contributed by atoms with Crippen LogP contribution in [0.15, 0.2) is 81.5 Å². The Kier molecular flexibility index (Phi) is 5.55. The molecular weight excluding hydrogens is 372 g/mol. The molecule has 0 atom stereocenters. The summed E-state index contributed by atoms with van der Waals surface area (Å²) in [6, 6.07) is 18.4. The quantitative estimate of drug-likeness (QED) is 0.340. The third kappa shape index (κ3) is 4.62. The highest BCUT2D eigenvalue weighted by molar-refractivity contribution is 7.99. The van der Waals surface area contributed by atoms with Crippen molar-refractivity contribution in [2.45, 2.75) is 9.79 Å². The molecule has 7 heteroatoms. The Morgan fingerprint density at radius 2 is 1.73 bits per heavy atom. The van der Waals surface area contributed by atoms with Crippen LogP contribution < -0.4 is 0 Å². The fourth-order valence-corrected chi connectivity index (χ4v) is 3.17. The van der Waals surface area contributed by atoms with Crippen molar-refractivity contribution in [3.63, 3.8) is 0 Å². The Morgan fingerprint density at radius 3 is 2.38 bits per heavy atom. The van der Waals surface area contributed by atoms with E-state index in [4.69, 9.17) is 11.6 Å². The van der Waals surface area contributed by atoms with Gasteiger partial charge in [0.15, 0.2) is 0 Å². The van der Waals surface area contributed by atoms with Crippen LogP contribution in [0.4, 0.5) is 11.4 Å². The zero-order chi connectivity index (χ0) is 18.5. The van der Waals surface area contributed by atoms with E-state index in [9.17, 15) is 15.2 Å². The number of nitro benzene ring substituents is 1. The van der Waals surface area contributed by atoms with E-state index in [1.54, 1.807) is 36.5 Å². The second-order valence-corrected chi connectivity index (χ2v) is 6.86. The van der Waals surface area contributed by atoms with E-state index < -0.39 is 4.92 Å². The number of nitrogens with zero attached hydrogens (tertiary/aromatic N) is 2. The molecule has 0 saturated carbocycles. The minimum atomic E-state index is -0.436. The monoisotopic (exact) mass is 384 g/mol. The lowest BCUT2D eigenvalue weighted by Crippen LogP contribution is -1.92. The molecule has 0 heterocycles. The zero-order valence-corrected chi connectivity index (χ0v) is 14.9. The van der Waals surface area contributed by atoms with E-state index in [-0.39, 0.29) is 11.4 Å².